The van der Waals surface area contributed by atoms with Crippen LogP contribution in [0, 0.1) is 5.82 Å². The Labute approximate surface area is 128 Å². The molecule has 2 aromatic carbocycles. The topological polar surface area (TPSA) is 60.2 Å². The molecule has 0 unspecified atom stereocenters. The lowest BCUT2D eigenvalue weighted by Gasteiger charge is -2.17. The van der Waals surface area contributed by atoms with Gasteiger partial charge in [-0.15, -0.1) is 11.8 Å². The number of thioether (sulfide) groups is 1. The van der Waals surface area contributed by atoms with Crippen LogP contribution in [0.15, 0.2) is 54.6 Å². The van der Waals surface area contributed by atoms with Gasteiger partial charge in [0.15, 0.2) is 0 Å². The van der Waals surface area contributed by atoms with Crippen LogP contribution in [0.2, 0.25) is 0 Å². The monoisotopic (exact) mass is 325 g/mol. The summed E-state index contributed by atoms with van der Waals surface area (Å²) in [7, 11) is -3.47. The Morgan fingerprint density at radius 2 is 1.57 bits per heavy atom. The van der Waals surface area contributed by atoms with Crippen molar-refractivity contribution in [3.05, 3.63) is 71.5 Å². The van der Waals surface area contributed by atoms with E-state index in [-0.39, 0.29) is 16.8 Å². The molecule has 0 aliphatic carbocycles. The van der Waals surface area contributed by atoms with Crippen LogP contribution in [0.3, 0.4) is 0 Å². The maximum absolute atomic E-state index is 13.1. The molecule has 2 N–H and O–H groups in total. The third-order valence-electron chi connectivity index (χ3n) is 2.93. The number of hydrogen-bond acceptors (Lipinski definition) is 3. The second-order valence-electron chi connectivity index (χ2n) is 4.58. The highest BCUT2D eigenvalue weighted by Crippen LogP contribution is 2.35. The van der Waals surface area contributed by atoms with Gasteiger partial charge in [0.2, 0.25) is 10.0 Å². The maximum Gasteiger partial charge on any atom is 0.209 e. The highest BCUT2D eigenvalue weighted by atomic mass is 32.2. The first-order valence-electron chi connectivity index (χ1n) is 6.38. The minimum Gasteiger partial charge on any atom is -0.229 e. The lowest BCUT2D eigenvalue weighted by molar-refractivity contribution is 0.599. The molecule has 21 heavy (non-hydrogen) atoms. The van der Waals surface area contributed by atoms with E-state index in [9.17, 15) is 12.8 Å². The van der Waals surface area contributed by atoms with Crippen molar-refractivity contribution in [1.29, 1.82) is 0 Å². The summed E-state index contributed by atoms with van der Waals surface area (Å²) in [5.74, 6) is 0.0120. The van der Waals surface area contributed by atoms with E-state index in [2.05, 4.69) is 0 Å². The Morgan fingerprint density at radius 3 is 2.14 bits per heavy atom. The van der Waals surface area contributed by atoms with Crippen molar-refractivity contribution in [2.45, 2.75) is 5.25 Å². The predicted octanol–water partition coefficient (Wildman–Crippen LogP) is 2.94. The number of benzene rings is 2. The van der Waals surface area contributed by atoms with Gasteiger partial charge in [-0.05, 0) is 23.3 Å². The Balaban J connectivity index is 2.20. The smallest absolute Gasteiger partial charge is 0.209 e. The zero-order valence-corrected chi connectivity index (χ0v) is 12.9. The maximum atomic E-state index is 13.1. The van der Waals surface area contributed by atoms with Gasteiger partial charge in [-0.1, -0.05) is 42.5 Å². The van der Waals surface area contributed by atoms with Crippen LogP contribution in [0.4, 0.5) is 4.39 Å². The first-order chi connectivity index (χ1) is 9.96. The zero-order valence-electron chi connectivity index (χ0n) is 11.3. The molecule has 0 heterocycles. The summed E-state index contributed by atoms with van der Waals surface area (Å²) in [6, 6.07) is 16.0. The van der Waals surface area contributed by atoms with Crippen LogP contribution < -0.4 is 5.14 Å². The molecule has 112 valence electrons. The van der Waals surface area contributed by atoms with Crippen LogP contribution in [-0.4, -0.2) is 19.9 Å². The van der Waals surface area contributed by atoms with Gasteiger partial charge >= 0.3 is 0 Å². The first-order valence-corrected chi connectivity index (χ1v) is 9.14. The lowest BCUT2D eigenvalue weighted by Crippen LogP contribution is -2.18. The summed E-state index contributed by atoms with van der Waals surface area (Å²) in [6.45, 7) is 0. The van der Waals surface area contributed by atoms with E-state index >= 15 is 0 Å². The molecule has 0 fully saturated rings. The van der Waals surface area contributed by atoms with Crippen LogP contribution in [-0.2, 0) is 10.0 Å². The van der Waals surface area contributed by atoms with Gasteiger partial charge in [0.25, 0.3) is 0 Å². The summed E-state index contributed by atoms with van der Waals surface area (Å²) in [5, 5.41) is 4.98. The SMILES string of the molecule is NS(=O)(=O)CCS[C@@H](c1ccccc1)c1ccc(F)cc1. The molecule has 0 aliphatic rings. The number of halogens is 1. The van der Waals surface area contributed by atoms with Gasteiger partial charge in [-0.2, -0.15) is 0 Å². The van der Waals surface area contributed by atoms with Gasteiger partial charge in [-0.3, -0.25) is 0 Å². The summed E-state index contributed by atoms with van der Waals surface area (Å²) >= 11 is 1.48. The molecule has 0 saturated carbocycles. The van der Waals surface area contributed by atoms with E-state index in [1.165, 1.54) is 23.9 Å². The van der Waals surface area contributed by atoms with Crippen LogP contribution >= 0.6 is 11.8 Å². The molecule has 0 amide bonds. The molecule has 0 aromatic heterocycles. The number of hydrogen-bond donors (Lipinski definition) is 1. The Morgan fingerprint density at radius 1 is 1.00 bits per heavy atom. The predicted molar refractivity (Wildman–Crippen MR) is 85.1 cm³/mol. The quantitative estimate of drug-likeness (QED) is 0.888. The van der Waals surface area contributed by atoms with Gasteiger partial charge in [-0.25, -0.2) is 17.9 Å². The van der Waals surface area contributed by atoms with Gasteiger partial charge < -0.3 is 0 Å². The molecule has 6 heteroatoms. The summed E-state index contributed by atoms with van der Waals surface area (Å²) in [6.07, 6.45) is 0. The minimum atomic E-state index is -3.47. The molecule has 0 aliphatic heterocycles. The fourth-order valence-corrected chi connectivity index (χ4v) is 4.18. The summed E-state index contributed by atoms with van der Waals surface area (Å²) in [5.41, 5.74) is 1.98. The number of primary sulfonamides is 1. The standard InChI is InChI=1S/C15H16FNO2S2/c16-14-8-6-13(7-9-14)15(12-4-2-1-3-5-12)20-10-11-21(17,18)19/h1-9,15H,10-11H2,(H2,17,18,19)/t15-/m0/s1. The van der Waals surface area contributed by atoms with E-state index in [0.29, 0.717) is 5.75 Å². The average molecular weight is 325 g/mol. The minimum absolute atomic E-state index is 0.0476. The van der Waals surface area contributed by atoms with Crippen LogP contribution in [0.25, 0.3) is 0 Å². The third-order valence-corrected chi connectivity index (χ3v) is 5.28. The van der Waals surface area contributed by atoms with Crippen molar-refractivity contribution in [3.63, 3.8) is 0 Å². The Bertz CT molecular complexity index is 673. The van der Waals surface area contributed by atoms with E-state index in [4.69, 9.17) is 5.14 Å². The molecular weight excluding hydrogens is 309 g/mol. The number of sulfonamides is 1. The van der Waals surface area contributed by atoms with Crippen molar-refractivity contribution < 1.29 is 12.8 Å². The van der Waals surface area contributed by atoms with Crippen LogP contribution in [0.1, 0.15) is 16.4 Å². The Kier molecular flexibility index (Phi) is 5.39. The van der Waals surface area contributed by atoms with E-state index < -0.39 is 10.0 Å². The third kappa shape index (κ3) is 5.15. The van der Waals surface area contributed by atoms with E-state index in [1.807, 2.05) is 30.3 Å². The molecule has 0 radical (unpaired) electrons. The fourth-order valence-electron chi connectivity index (χ4n) is 1.93. The molecule has 0 saturated heterocycles. The molecule has 2 rings (SSSR count). The molecule has 2 aromatic rings. The highest BCUT2D eigenvalue weighted by molar-refractivity contribution is 8.00. The summed E-state index contributed by atoms with van der Waals surface area (Å²) < 4.78 is 35.1. The molecule has 0 bridgehead atoms. The second-order valence-corrected chi connectivity index (χ2v) is 7.53. The molecule has 0 spiro atoms. The van der Waals surface area contributed by atoms with Crippen molar-refractivity contribution in [3.8, 4) is 0 Å². The van der Waals surface area contributed by atoms with Crippen molar-refractivity contribution in [2.75, 3.05) is 11.5 Å². The van der Waals surface area contributed by atoms with Gasteiger partial charge in [0, 0.05) is 5.75 Å². The molecule has 1 atom stereocenters. The van der Waals surface area contributed by atoms with Crippen molar-refractivity contribution >= 4 is 21.8 Å². The summed E-state index contributed by atoms with van der Waals surface area (Å²) in [4.78, 5) is 0. The van der Waals surface area contributed by atoms with Crippen LogP contribution in [0.5, 0.6) is 0 Å². The molecular formula is C15H16FNO2S2. The van der Waals surface area contributed by atoms with E-state index in [1.54, 1.807) is 12.1 Å². The molecule has 3 nitrogen and oxygen atoms in total. The zero-order chi connectivity index (χ0) is 15.3. The average Bonchev–Trinajstić information content (AvgIpc) is 2.45. The largest absolute Gasteiger partial charge is 0.229 e. The lowest BCUT2D eigenvalue weighted by atomic mass is 10.0. The van der Waals surface area contributed by atoms with Crippen molar-refractivity contribution in [2.24, 2.45) is 5.14 Å². The number of rotatable bonds is 6. The first kappa shape index (κ1) is 16.0. The highest BCUT2D eigenvalue weighted by Gasteiger charge is 2.15. The van der Waals surface area contributed by atoms with E-state index in [0.717, 1.165) is 11.1 Å². The van der Waals surface area contributed by atoms with Gasteiger partial charge in [0.05, 0.1) is 11.0 Å². The number of nitrogens with two attached hydrogens (primary N) is 1. The fraction of sp³-hybridized carbons (Fsp3) is 0.200. The van der Waals surface area contributed by atoms with Crippen molar-refractivity contribution in [1.82, 2.24) is 0 Å². The second kappa shape index (κ2) is 7.06. The normalized spacial score (nSPS) is 13.0. The van der Waals surface area contributed by atoms with Gasteiger partial charge in [0.1, 0.15) is 5.82 Å². The Hall–Kier alpha value is -1.37.